The number of amides is 1. The number of alkyl halides is 3. The topological polar surface area (TPSA) is 46.9 Å². The molecule has 29 heavy (non-hydrogen) atoms. The number of carbonyl (C=O) groups is 1. The molecule has 0 spiro atoms. The largest absolute Gasteiger partial charge is 0.661 e. The van der Waals surface area contributed by atoms with E-state index in [2.05, 4.69) is 15.0 Å². The van der Waals surface area contributed by atoms with Crippen LogP contribution in [0.5, 0.6) is 0 Å². The summed E-state index contributed by atoms with van der Waals surface area (Å²) in [6.45, 7) is 6.47. The second-order valence-electron chi connectivity index (χ2n) is 8.82. The Morgan fingerprint density at radius 1 is 1.38 bits per heavy atom. The minimum absolute atomic E-state index is 0.0577. The molecule has 1 amide bonds. The van der Waals surface area contributed by atoms with Crippen LogP contribution >= 0.6 is 11.8 Å². The van der Waals surface area contributed by atoms with Gasteiger partial charge in [-0.2, -0.15) is 0 Å². The van der Waals surface area contributed by atoms with Gasteiger partial charge in [0.2, 0.25) is 5.91 Å². The van der Waals surface area contributed by atoms with E-state index in [0.29, 0.717) is 30.8 Å². The first-order valence-electron chi connectivity index (χ1n) is 10.1. The van der Waals surface area contributed by atoms with Gasteiger partial charge in [-0.1, -0.05) is 25.0 Å². The summed E-state index contributed by atoms with van der Waals surface area (Å²) < 4.78 is 41.4. The first-order valence-corrected chi connectivity index (χ1v) is 11.2. The molecule has 1 saturated carbocycles. The quantitative estimate of drug-likeness (QED) is 0.621. The second kappa shape index (κ2) is 8.15. The Balaban J connectivity index is 1.15. The van der Waals surface area contributed by atoms with Crippen molar-refractivity contribution in [3.63, 3.8) is 0 Å². The Kier molecular flexibility index (Phi) is 5.92. The van der Waals surface area contributed by atoms with Crippen molar-refractivity contribution in [2.75, 3.05) is 50.9 Å². The molecule has 0 aromatic carbocycles. The molecule has 0 bridgehead atoms. The highest BCUT2D eigenvalue weighted by atomic mass is 32.2. The van der Waals surface area contributed by atoms with Gasteiger partial charge in [0.1, 0.15) is 5.76 Å². The summed E-state index contributed by atoms with van der Waals surface area (Å²) in [4.78, 5) is 16.5. The lowest BCUT2D eigenvalue weighted by atomic mass is 9.82. The SMILES string of the molecule is CC1(C[N-]CC2C3CN(CC(=O)N4CCSC4)CC23)C=CC=C(OC(F)(F)F)C1. The van der Waals surface area contributed by atoms with Crippen LogP contribution in [0.1, 0.15) is 13.3 Å². The Labute approximate surface area is 173 Å². The Morgan fingerprint density at radius 2 is 2.14 bits per heavy atom. The number of halogens is 3. The van der Waals surface area contributed by atoms with Crippen LogP contribution in [0.15, 0.2) is 24.0 Å². The van der Waals surface area contributed by atoms with Gasteiger partial charge in [0.25, 0.3) is 0 Å². The number of nitrogens with zero attached hydrogens (tertiary/aromatic N) is 3. The van der Waals surface area contributed by atoms with Gasteiger partial charge in [-0.3, -0.25) is 9.69 Å². The van der Waals surface area contributed by atoms with E-state index in [1.165, 1.54) is 6.08 Å². The van der Waals surface area contributed by atoms with E-state index in [0.717, 1.165) is 37.8 Å². The molecule has 4 rings (SSSR count). The van der Waals surface area contributed by atoms with Crippen LogP contribution in [0, 0.1) is 23.2 Å². The molecule has 0 aromatic heterocycles. The lowest BCUT2D eigenvalue weighted by Gasteiger charge is -2.37. The molecule has 2 heterocycles. The van der Waals surface area contributed by atoms with Gasteiger partial charge in [-0.25, -0.2) is 0 Å². The summed E-state index contributed by atoms with van der Waals surface area (Å²) in [6.07, 6.45) is 0.463. The zero-order valence-electron chi connectivity index (χ0n) is 16.5. The van der Waals surface area contributed by atoms with Crippen LogP contribution in [0.2, 0.25) is 0 Å². The van der Waals surface area contributed by atoms with Crippen molar-refractivity contribution in [3.8, 4) is 0 Å². The minimum atomic E-state index is -4.65. The van der Waals surface area contributed by atoms with Crippen molar-refractivity contribution in [3.05, 3.63) is 29.3 Å². The fourth-order valence-electron chi connectivity index (χ4n) is 4.74. The summed E-state index contributed by atoms with van der Waals surface area (Å²) in [6, 6.07) is 0. The summed E-state index contributed by atoms with van der Waals surface area (Å²) in [7, 11) is 0. The van der Waals surface area contributed by atoms with E-state index >= 15 is 0 Å². The summed E-state index contributed by atoms with van der Waals surface area (Å²) >= 11 is 1.80. The number of allylic oxidation sites excluding steroid dienone is 3. The number of piperidine rings is 1. The highest BCUT2D eigenvalue weighted by Crippen LogP contribution is 2.52. The van der Waals surface area contributed by atoms with Gasteiger partial charge in [0.15, 0.2) is 0 Å². The number of hydrogen-bond donors (Lipinski definition) is 0. The third-order valence-corrected chi connectivity index (χ3v) is 7.30. The predicted molar refractivity (Wildman–Crippen MR) is 106 cm³/mol. The maximum atomic E-state index is 12.4. The molecule has 2 aliphatic heterocycles. The van der Waals surface area contributed by atoms with Crippen molar-refractivity contribution in [1.29, 1.82) is 0 Å². The van der Waals surface area contributed by atoms with E-state index in [1.807, 2.05) is 17.9 Å². The monoisotopic (exact) mass is 430 g/mol. The third-order valence-electron chi connectivity index (χ3n) is 6.33. The summed E-state index contributed by atoms with van der Waals surface area (Å²) in [5.41, 5.74) is -0.439. The number of carbonyl (C=O) groups excluding carboxylic acids is 1. The standard InChI is InChI=1S/C20H27F3N3O2S/c1-19(4-2-3-14(7-19)28-20(21,22)23)12-24-8-15-16-9-25(10-17(15)16)11-18(27)26-5-6-29-13-26/h2-4,15-17H,5-13H2,1H3/q-1. The zero-order valence-corrected chi connectivity index (χ0v) is 17.3. The second-order valence-corrected chi connectivity index (χ2v) is 9.89. The van der Waals surface area contributed by atoms with Gasteiger partial charge in [0, 0.05) is 31.8 Å². The van der Waals surface area contributed by atoms with Crippen LogP contribution in [0.3, 0.4) is 0 Å². The van der Waals surface area contributed by atoms with E-state index in [4.69, 9.17) is 0 Å². The maximum Gasteiger partial charge on any atom is 0.572 e. The Bertz CT molecular complexity index is 681. The van der Waals surface area contributed by atoms with Crippen LogP contribution < -0.4 is 0 Å². The molecule has 3 fully saturated rings. The van der Waals surface area contributed by atoms with E-state index in [1.54, 1.807) is 17.8 Å². The Morgan fingerprint density at radius 3 is 2.79 bits per heavy atom. The molecule has 0 N–H and O–H groups in total. The Hall–Kier alpha value is -1.19. The molecule has 4 aliphatic rings. The molecule has 5 nitrogen and oxygen atoms in total. The first-order chi connectivity index (χ1) is 13.7. The van der Waals surface area contributed by atoms with E-state index in [9.17, 15) is 18.0 Å². The van der Waals surface area contributed by atoms with Gasteiger partial charge in [-0.05, 0) is 23.3 Å². The van der Waals surface area contributed by atoms with Gasteiger partial charge < -0.3 is 15.0 Å². The fourth-order valence-corrected chi connectivity index (χ4v) is 5.71. The smallest absolute Gasteiger partial charge is 0.572 e. The average Bonchev–Trinajstić information content (AvgIpc) is 3.04. The lowest BCUT2D eigenvalue weighted by molar-refractivity contribution is -0.307. The van der Waals surface area contributed by atoms with Crippen LogP contribution in [-0.2, 0) is 9.53 Å². The van der Waals surface area contributed by atoms with Crippen molar-refractivity contribution in [2.45, 2.75) is 19.7 Å². The van der Waals surface area contributed by atoms with Gasteiger partial charge in [-0.15, -0.1) is 38.0 Å². The third kappa shape index (κ3) is 5.30. The molecule has 2 aliphatic carbocycles. The van der Waals surface area contributed by atoms with Crippen LogP contribution in [-0.4, -0.2) is 73.0 Å². The summed E-state index contributed by atoms with van der Waals surface area (Å²) in [5.74, 6) is 3.81. The van der Waals surface area contributed by atoms with Gasteiger partial charge >= 0.3 is 6.36 Å². The van der Waals surface area contributed by atoms with Crippen molar-refractivity contribution in [2.24, 2.45) is 23.2 Å². The number of rotatable bonds is 7. The maximum absolute atomic E-state index is 12.4. The van der Waals surface area contributed by atoms with Gasteiger partial charge in [0.05, 0.1) is 12.4 Å². The highest BCUT2D eigenvalue weighted by molar-refractivity contribution is 7.99. The number of thioether (sulfide) groups is 1. The molecule has 162 valence electrons. The number of likely N-dealkylation sites (tertiary alicyclic amines) is 1. The zero-order chi connectivity index (χ0) is 20.6. The van der Waals surface area contributed by atoms with E-state index in [-0.39, 0.29) is 18.1 Å². The van der Waals surface area contributed by atoms with Crippen molar-refractivity contribution < 1.29 is 22.7 Å². The molecule has 0 aromatic rings. The predicted octanol–water partition coefficient (Wildman–Crippen LogP) is 3.46. The molecule has 2 saturated heterocycles. The molecule has 3 unspecified atom stereocenters. The van der Waals surface area contributed by atoms with Crippen molar-refractivity contribution in [1.82, 2.24) is 9.80 Å². The average molecular weight is 431 g/mol. The molecule has 3 atom stereocenters. The molecule has 0 radical (unpaired) electrons. The van der Waals surface area contributed by atoms with Crippen molar-refractivity contribution >= 4 is 17.7 Å². The molecule has 9 heteroatoms. The number of fused-ring (bicyclic) bond motifs is 1. The first kappa shape index (κ1) is 21.1. The summed E-state index contributed by atoms with van der Waals surface area (Å²) in [5, 5.41) is 4.68. The molecular formula is C20H27F3N3O2S-. The van der Waals surface area contributed by atoms with Crippen LogP contribution in [0.25, 0.3) is 5.32 Å². The highest BCUT2D eigenvalue weighted by Gasteiger charge is 2.53. The lowest BCUT2D eigenvalue weighted by Crippen LogP contribution is -2.39. The normalized spacial score (nSPS) is 34.3. The number of ether oxygens (including phenoxy) is 1. The van der Waals surface area contributed by atoms with E-state index < -0.39 is 11.8 Å². The van der Waals surface area contributed by atoms with Crippen LogP contribution in [0.4, 0.5) is 13.2 Å². The fraction of sp³-hybridized carbons (Fsp3) is 0.750. The molecular weight excluding hydrogens is 403 g/mol. The minimum Gasteiger partial charge on any atom is -0.661 e. The number of hydrogen-bond acceptors (Lipinski definition) is 4.